The summed E-state index contributed by atoms with van der Waals surface area (Å²) >= 11 is 0. The van der Waals surface area contributed by atoms with Gasteiger partial charge in [-0.3, -0.25) is 4.99 Å². The number of nitrogens with two attached hydrogens (primary N) is 2. The maximum absolute atomic E-state index is 9.09. The van der Waals surface area contributed by atoms with Gasteiger partial charge in [-0.2, -0.15) is 5.26 Å². The van der Waals surface area contributed by atoms with Crippen LogP contribution in [0.1, 0.15) is 18.1 Å². The minimum absolute atomic E-state index is 0.220. The molecule has 6 nitrogen and oxygen atoms in total. The Morgan fingerprint density at radius 1 is 1.55 bits per heavy atom. The van der Waals surface area contributed by atoms with Crippen molar-refractivity contribution in [2.75, 3.05) is 6.54 Å². The van der Waals surface area contributed by atoms with Crippen LogP contribution in [0.15, 0.2) is 29.4 Å². The molecule has 20 heavy (non-hydrogen) atoms. The molecule has 0 aliphatic heterocycles. The predicted molar refractivity (Wildman–Crippen MR) is 79.7 cm³/mol. The third-order valence-corrected chi connectivity index (χ3v) is 2.57. The molecule has 1 aromatic rings. The van der Waals surface area contributed by atoms with E-state index in [1.165, 1.54) is 12.5 Å². The molecule has 0 bridgehead atoms. The highest BCUT2D eigenvalue weighted by Gasteiger charge is 2.10. The quantitative estimate of drug-likeness (QED) is 0.532. The average molecular weight is 271 g/mol. The van der Waals surface area contributed by atoms with E-state index in [1.807, 2.05) is 6.92 Å². The van der Waals surface area contributed by atoms with Crippen molar-refractivity contribution in [3.05, 3.63) is 35.5 Å². The van der Waals surface area contributed by atoms with Gasteiger partial charge >= 0.3 is 0 Å². The van der Waals surface area contributed by atoms with E-state index in [0.717, 1.165) is 6.21 Å². The van der Waals surface area contributed by atoms with E-state index < -0.39 is 0 Å². The molecule has 0 fully saturated rings. The number of hydrogen-bond acceptors (Lipinski definition) is 5. The number of nitrogens with one attached hydrogen (secondary N) is 1. The molecule has 0 heterocycles. The highest BCUT2D eigenvalue weighted by molar-refractivity contribution is 6.08. The van der Waals surface area contributed by atoms with Crippen molar-refractivity contribution >= 4 is 18.1 Å². The molecule has 0 aromatic heterocycles. The van der Waals surface area contributed by atoms with Crippen LogP contribution in [0, 0.1) is 16.7 Å². The molecule has 0 saturated heterocycles. The average Bonchev–Trinajstić information content (AvgIpc) is 2.46. The third kappa shape index (κ3) is 3.85. The van der Waals surface area contributed by atoms with Gasteiger partial charge in [-0.15, -0.1) is 0 Å². The second-order valence-electron chi connectivity index (χ2n) is 4.03. The highest BCUT2D eigenvalue weighted by Crippen LogP contribution is 2.24. The summed E-state index contributed by atoms with van der Waals surface area (Å²) < 4.78 is 5.68. The molecule has 1 atom stereocenters. The molecular formula is C14H17N5O. The van der Waals surface area contributed by atoms with Gasteiger partial charge in [-0.25, -0.2) is 0 Å². The van der Waals surface area contributed by atoms with Gasteiger partial charge in [0.1, 0.15) is 17.9 Å². The summed E-state index contributed by atoms with van der Waals surface area (Å²) in [5.41, 5.74) is 12.3. The number of aliphatic imine (C=N–C) groups is 1. The van der Waals surface area contributed by atoms with Crippen molar-refractivity contribution in [1.82, 2.24) is 0 Å². The number of nitriles is 1. The Morgan fingerprint density at radius 3 is 2.85 bits per heavy atom. The standard InChI is InChI=1S/C14H17N5O/c1-10(8-19-9-18)20-14-4-11(13(6-16)7-17)2-3-12(14)5-15/h2-4,6-7,9-10,16H,8,17H2,1H3,(H2,18,19)/b13-7+,16-6?/t10-/m0/s1. The van der Waals surface area contributed by atoms with E-state index in [4.69, 9.17) is 26.9 Å². The van der Waals surface area contributed by atoms with Gasteiger partial charge in [0.25, 0.3) is 0 Å². The van der Waals surface area contributed by atoms with Crippen molar-refractivity contribution < 1.29 is 4.74 Å². The molecule has 6 heteroatoms. The first-order chi connectivity index (χ1) is 9.65. The summed E-state index contributed by atoms with van der Waals surface area (Å²) in [6, 6.07) is 7.10. The van der Waals surface area contributed by atoms with Crippen LogP contribution in [0.4, 0.5) is 0 Å². The number of nitrogens with zero attached hydrogens (tertiary/aromatic N) is 2. The van der Waals surface area contributed by atoms with Crippen LogP contribution in [0.2, 0.25) is 0 Å². The lowest BCUT2D eigenvalue weighted by Gasteiger charge is -2.14. The topological polar surface area (TPSA) is 121 Å². The molecule has 0 spiro atoms. The third-order valence-electron chi connectivity index (χ3n) is 2.57. The van der Waals surface area contributed by atoms with Crippen molar-refractivity contribution in [2.45, 2.75) is 13.0 Å². The molecular weight excluding hydrogens is 254 g/mol. The fourth-order valence-corrected chi connectivity index (χ4v) is 1.58. The van der Waals surface area contributed by atoms with Crippen molar-refractivity contribution in [1.29, 1.82) is 10.7 Å². The summed E-state index contributed by atoms with van der Waals surface area (Å²) in [5.74, 6) is 0.436. The summed E-state index contributed by atoms with van der Waals surface area (Å²) in [6.07, 6.45) is 3.47. The number of allylic oxidation sites excluding steroid dienone is 1. The normalized spacial score (nSPS) is 12.9. The fraction of sp³-hybridized carbons (Fsp3) is 0.214. The molecule has 5 N–H and O–H groups in total. The lowest BCUT2D eigenvalue weighted by molar-refractivity contribution is 0.230. The zero-order valence-electron chi connectivity index (χ0n) is 11.2. The Balaban J connectivity index is 3.07. The largest absolute Gasteiger partial charge is 0.487 e. The first kappa shape index (κ1) is 15.2. The number of rotatable bonds is 6. The van der Waals surface area contributed by atoms with E-state index in [-0.39, 0.29) is 6.10 Å². The first-order valence-electron chi connectivity index (χ1n) is 5.99. The molecule has 0 amide bonds. The van der Waals surface area contributed by atoms with Crippen molar-refractivity contribution in [3.8, 4) is 11.8 Å². The molecule has 104 valence electrons. The van der Waals surface area contributed by atoms with E-state index >= 15 is 0 Å². The number of ether oxygens (including phenoxy) is 1. The minimum Gasteiger partial charge on any atom is -0.487 e. The SMILES string of the molecule is C[C@@H](CN=CN)Oc1cc(/C(C=N)=C/N)ccc1C#N. The van der Waals surface area contributed by atoms with Gasteiger partial charge in [0.05, 0.1) is 18.4 Å². The molecule has 0 saturated carbocycles. The van der Waals surface area contributed by atoms with Crippen LogP contribution >= 0.6 is 0 Å². The summed E-state index contributed by atoms with van der Waals surface area (Å²) in [7, 11) is 0. The molecule has 1 rings (SSSR count). The molecule has 0 aliphatic carbocycles. The van der Waals surface area contributed by atoms with E-state index in [0.29, 0.717) is 29.0 Å². The first-order valence-corrected chi connectivity index (χ1v) is 5.99. The van der Waals surface area contributed by atoms with Gasteiger partial charge in [0.2, 0.25) is 0 Å². The Labute approximate surface area is 117 Å². The number of hydrogen-bond donors (Lipinski definition) is 3. The second-order valence-corrected chi connectivity index (χ2v) is 4.03. The number of benzene rings is 1. The molecule has 0 unspecified atom stereocenters. The summed E-state index contributed by atoms with van der Waals surface area (Å²) in [4.78, 5) is 3.89. The Bertz CT molecular complexity index is 571. The minimum atomic E-state index is -0.220. The monoisotopic (exact) mass is 271 g/mol. The van der Waals surface area contributed by atoms with Crippen LogP contribution in [0.3, 0.4) is 0 Å². The highest BCUT2D eigenvalue weighted by atomic mass is 16.5. The van der Waals surface area contributed by atoms with E-state index in [2.05, 4.69) is 11.1 Å². The van der Waals surface area contributed by atoms with Crippen molar-refractivity contribution in [3.63, 3.8) is 0 Å². The maximum Gasteiger partial charge on any atom is 0.138 e. The van der Waals surface area contributed by atoms with Gasteiger partial charge in [0, 0.05) is 18.0 Å². The smallest absolute Gasteiger partial charge is 0.138 e. The van der Waals surface area contributed by atoms with Crippen molar-refractivity contribution in [2.24, 2.45) is 16.5 Å². The Kier molecular flexibility index (Phi) is 5.78. The molecule has 0 aliphatic rings. The zero-order valence-corrected chi connectivity index (χ0v) is 11.2. The predicted octanol–water partition coefficient (Wildman–Crippen LogP) is 1.26. The van der Waals surface area contributed by atoms with E-state index in [9.17, 15) is 0 Å². The Hall–Kier alpha value is -2.81. The lowest BCUT2D eigenvalue weighted by atomic mass is 10.0. The Morgan fingerprint density at radius 2 is 2.30 bits per heavy atom. The van der Waals surface area contributed by atoms with Crippen LogP contribution in [0.5, 0.6) is 5.75 Å². The van der Waals surface area contributed by atoms with Gasteiger partial charge in [-0.05, 0) is 24.6 Å². The molecule has 1 aromatic carbocycles. The van der Waals surface area contributed by atoms with Crippen LogP contribution in [-0.2, 0) is 0 Å². The van der Waals surface area contributed by atoms with Crippen LogP contribution in [-0.4, -0.2) is 25.2 Å². The van der Waals surface area contributed by atoms with Gasteiger partial charge in [-0.1, -0.05) is 6.07 Å². The summed E-state index contributed by atoms with van der Waals surface area (Å²) in [5, 5.41) is 16.4. The summed E-state index contributed by atoms with van der Waals surface area (Å²) in [6.45, 7) is 2.23. The van der Waals surface area contributed by atoms with E-state index in [1.54, 1.807) is 18.2 Å². The fourth-order valence-electron chi connectivity index (χ4n) is 1.58. The van der Waals surface area contributed by atoms with Crippen LogP contribution in [0.25, 0.3) is 5.57 Å². The molecule has 0 radical (unpaired) electrons. The second kappa shape index (κ2) is 7.59. The van der Waals surface area contributed by atoms with Gasteiger partial charge in [0.15, 0.2) is 0 Å². The van der Waals surface area contributed by atoms with Crippen LogP contribution < -0.4 is 16.2 Å². The lowest BCUT2D eigenvalue weighted by Crippen LogP contribution is -2.17. The van der Waals surface area contributed by atoms with Gasteiger partial charge < -0.3 is 21.6 Å². The maximum atomic E-state index is 9.09. The zero-order chi connectivity index (χ0) is 15.0.